The van der Waals surface area contributed by atoms with Gasteiger partial charge in [-0.3, -0.25) is 4.79 Å². The summed E-state index contributed by atoms with van der Waals surface area (Å²) in [5, 5.41) is 10.2. The number of rotatable bonds is 4. The van der Waals surface area contributed by atoms with Gasteiger partial charge in [-0.2, -0.15) is 0 Å². The van der Waals surface area contributed by atoms with Crippen LogP contribution >= 0.6 is 0 Å². The van der Waals surface area contributed by atoms with Crippen LogP contribution in [-0.2, 0) is 29.1 Å². The van der Waals surface area contributed by atoms with Gasteiger partial charge in [-0.15, -0.1) is 0 Å². The first-order valence-corrected chi connectivity index (χ1v) is 8.74. The van der Waals surface area contributed by atoms with E-state index in [-0.39, 0.29) is 11.7 Å². The number of carbonyl (C=O) groups excluding carboxylic acids is 1. The lowest BCUT2D eigenvalue weighted by molar-refractivity contribution is -0.441. The van der Waals surface area contributed by atoms with E-state index >= 15 is 0 Å². The standard InChI is InChI=1S/C13H22O7S/c1-12(15)5-4-9-6-10(12)19-20-13(9,2)8-21(16,17)7-11(14)18-3/h9-10,15H,4-8H2,1-3H3/t9-,10-,12-,13-/m1/s1. The van der Waals surface area contributed by atoms with Crippen LogP contribution in [0.25, 0.3) is 0 Å². The van der Waals surface area contributed by atoms with Gasteiger partial charge < -0.3 is 9.84 Å². The summed E-state index contributed by atoms with van der Waals surface area (Å²) in [4.78, 5) is 21.7. The highest BCUT2D eigenvalue weighted by Gasteiger charge is 2.53. The Morgan fingerprint density at radius 3 is 2.71 bits per heavy atom. The second-order valence-corrected chi connectivity index (χ2v) is 8.48. The van der Waals surface area contributed by atoms with Gasteiger partial charge in [0.05, 0.1) is 18.5 Å². The summed E-state index contributed by atoms with van der Waals surface area (Å²) >= 11 is 0. The predicted octanol–water partition coefficient (Wildman–Crippen LogP) is 0.214. The molecule has 1 aliphatic carbocycles. The fourth-order valence-corrected chi connectivity index (χ4v) is 4.80. The van der Waals surface area contributed by atoms with E-state index in [1.807, 2.05) is 0 Å². The second-order valence-electron chi connectivity index (χ2n) is 6.42. The van der Waals surface area contributed by atoms with E-state index in [4.69, 9.17) is 9.78 Å². The third kappa shape index (κ3) is 3.56. The Morgan fingerprint density at radius 2 is 2.10 bits per heavy atom. The first-order valence-electron chi connectivity index (χ1n) is 6.92. The van der Waals surface area contributed by atoms with Crippen molar-refractivity contribution in [2.24, 2.45) is 5.92 Å². The van der Waals surface area contributed by atoms with Crippen molar-refractivity contribution in [3.8, 4) is 0 Å². The van der Waals surface area contributed by atoms with Crippen molar-refractivity contribution in [1.82, 2.24) is 0 Å². The number of fused-ring (bicyclic) bond motifs is 2. The fourth-order valence-electron chi connectivity index (χ4n) is 3.06. The first-order chi connectivity index (χ1) is 9.58. The van der Waals surface area contributed by atoms with Gasteiger partial charge in [0.1, 0.15) is 17.5 Å². The number of esters is 1. The van der Waals surface area contributed by atoms with Crippen LogP contribution in [0.15, 0.2) is 0 Å². The van der Waals surface area contributed by atoms with Crippen LogP contribution in [0, 0.1) is 5.92 Å². The van der Waals surface area contributed by atoms with Crippen molar-refractivity contribution < 1.29 is 32.8 Å². The van der Waals surface area contributed by atoms with E-state index in [2.05, 4.69) is 4.74 Å². The molecule has 0 aromatic rings. The lowest BCUT2D eigenvalue weighted by atomic mass is 9.71. The monoisotopic (exact) mass is 322 g/mol. The van der Waals surface area contributed by atoms with Crippen LogP contribution in [-0.4, -0.2) is 55.4 Å². The van der Waals surface area contributed by atoms with E-state index in [1.165, 1.54) is 0 Å². The smallest absolute Gasteiger partial charge is 0.320 e. The minimum atomic E-state index is -3.66. The highest BCUT2D eigenvalue weighted by molar-refractivity contribution is 7.92. The zero-order chi connectivity index (χ0) is 15.9. The largest absolute Gasteiger partial charge is 0.468 e. The maximum absolute atomic E-state index is 12.1. The molecule has 1 saturated heterocycles. The molecule has 0 amide bonds. The van der Waals surface area contributed by atoms with Gasteiger partial charge in [-0.1, -0.05) is 0 Å². The molecule has 122 valence electrons. The quantitative estimate of drug-likeness (QED) is 0.583. The Labute approximate surface area is 124 Å². The maximum atomic E-state index is 12.1. The van der Waals surface area contributed by atoms with Crippen molar-refractivity contribution in [1.29, 1.82) is 0 Å². The molecule has 0 aromatic carbocycles. The molecule has 0 radical (unpaired) electrons. The average molecular weight is 322 g/mol. The van der Waals surface area contributed by atoms with Crippen LogP contribution in [0.1, 0.15) is 33.1 Å². The van der Waals surface area contributed by atoms with Crippen molar-refractivity contribution in [3.05, 3.63) is 0 Å². The number of sulfone groups is 1. The molecule has 2 bridgehead atoms. The molecule has 1 saturated carbocycles. The van der Waals surface area contributed by atoms with Crippen LogP contribution in [0.2, 0.25) is 0 Å². The predicted molar refractivity (Wildman–Crippen MR) is 73.0 cm³/mol. The van der Waals surface area contributed by atoms with Crippen molar-refractivity contribution >= 4 is 15.8 Å². The number of hydrogen-bond acceptors (Lipinski definition) is 7. The van der Waals surface area contributed by atoms with Crippen molar-refractivity contribution in [2.45, 2.75) is 50.4 Å². The average Bonchev–Trinajstić information content (AvgIpc) is 2.35. The lowest BCUT2D eigenvalue weighted by Gasteiger charge is -2.50. The minimum Gasteiger partial charge on any atom is -0.468 e. The summed E-state index contributed by atoms with van der Waals surface area (Å²) in [5.74, 6) is -1.81. The van der Waals surface area contributed by atoms with Crippen LogP contribution in [0.4, 0.5) is 0 Å². The third-order valence-corrected chi connectivity index (χ3v) is 6.17. The number of carbonyl (C=O) groups is 1. The Bertz CT molecular complexity index is 513. The van der Waals surface area contributed by atoms with Crippen LogP contribution < -0.4 is 0 Å². The van der Waals surface area contributed by atoms with Gasteiger partial charge in [0.15, 0.2) is 9.84 Å². The molecule has 2 fully saturated rings. The minimum absolute atomic E-state index is 0.0381. The molecular formula is C13H22O7S. The van der Waals surface area contributed by atoms with Gasteiger partial charge in [0.25, 0.3) is 0 Å². The summed E-state index contributed by atoms with van der Waals surface area (Å²) in [6.07, 6.45) is 1.26. The summed E-state index contributed by atoms with van der Waals surface area (Å²) in [7, 11) is -2.51. The Hall–Kier alpha value is -0.700. The Kier molecular flexibility index (Phi) is 4.36. The molecule has 1 aliphatic heterocycles. The van der Waals surface area contributed by atoms with E-state index in [0.717, 1.165) is 7.11 Å². The molecule has 2 rings (SSSR count). The van der Waals surface area contributed by atoms with Gasteiger partial charge in [-0.25, -0.2) is 18.2 Å². The molecule has 0 spiro atoms. The van der Waals surface area contributed by atoms with E-state index in [9.17, 15) is 18.3 Å². The number of aliphatic hydroxyl groups is 1. The molecule has 8 heteroatoms. The zero-order valence-electron chi connectivity index (χ0n) is 12.5. The summed E-state index contributed by atoms with van der Waals surface area (Å²) in [5.41, 5.74) is -1.97. The molecular weight excluding hydrogens is 300 g/mol. The lowest BCUT2D eigenvalue weighted by Crippen LogP contribution is -2.58. The van der Waals surface area contributed by atoms with E-state index < -0.39 is 38.9 Å². The summed E-state index contributed by atoms with van der Waals surface area (Å²) < 4.78 is 28.5. The molecule has 4 atom stereocenters. The number of hydrogen-bond donors (Lipinski definition) is 1. The second kappa shape index (κ2) is 5.49. The highest BCUT2D eigenvalue weighted by Crippen LogP contribution is 2.45. The SMILES string of the molecule is COC(=O)CS(=O)(=O)C[C@@]1(C)OO[C@@H]2C[C@H]1CC[C@@]2(C)O. The normalized spacial score (nSPS) is 39.8. The van der Waals surface area contributed by atoms with E-state index in [0.29, 0.717) is 19.3 Å². The first kappa shape index (κ1) is 16.7. The van der Waals surface area contributed by atoms with Gasteiger partial charge in [-0.05, 0) is 39.0 Å². The van der Waals surface area contributed by atoms with Crippen LogP contribution in [0.5, 0.6) is 0 Å². The zero-order valence-corrected chi connectivity index (χ0v) is 13.3. The van der Waals surface area contributed by atoms with Gasteiger partial charge in [0.2, 0.25) is 0 Å². The maximum Gasteiger partial charge on any atom is 0.320 e. The molecule has 7 nitrogen and oxygen atoms in total. The highest BCUT2D eigenvalue weighted by atomic mass is 32.2. The molecule has 1 heterocycles. The van der Waals surface area contributed by atoms with Crippen molar-refractivity contribution in [3.63, 3.8) is 0 Å². The Morgan fingerprint density at radius 1 is 1.43 bits per heavy atom. The molecule has 21 heavy (non-hydrogen) atoms. The molecule has 1 N–H and O–H groups in total. The van der Waals surface area contributed by atoms with Gasteiger partial charge >= 0.3 is 5.97 Å². The molecule has 0 unspecified atom stereocenters. The number of ether oxygens (including phenoxy) is 1. The fraction of sp³-hybridized carbons (Fsp3) is 0.923. The van der Waals surface area contributed by atoms with Gasteiger partial charge in [0, 0.05) is 0 Å². The third-order valence-electron chi connectivity index (χ3n) is 4.48. The summed E-state index contributed by atoms with van der Waals surface area (Å²) in [6, 6.07) is 0. The molecule has 2 aliphatic rings. The number of methoxy groups -OCH3 is 1. The topological polar surface area (TPSA) is 99.1 Å². The molecule has 0 aromatic heterocycles. The van der Waals surface area contributed by atoms with E-state index in [1.54, 1.807) is 13.8 Å². The summed E-state index contributed by atoms with van der Waals surface area (Å²) in [6.45, 7) is 3.36. The van der Waals surface area contributed by atoms with Crippen molar-refractivity contribution in [2.75, 3.05) is 18.6 Å². The Balaban J connectivity index is 2.09. The van der Waals surface area contributed by atoms with Crippen LogP contribution in [0.3, 0.4) is 0 Å².